The van der Waals surface area contributed by atoms with Gasteiger partial charge in [-0.2, -0.15) is 0 Å². The predicted molar refractivity (Wildman–Crippen MR) is 82.4 cm³/mol. The quantitative estimate of drug-likeness (QED) is 0.935. The highest BCUT2D eigenvalue weighted by Crippen LogP contribution is 2.35. The molecular weight excluding hydrogens is 302 g/mol. The highest BCUT2D eigenvalue weighted by molar-refractivity contribution is 7.15. The summed E-state index contributed by atoms with van der Waals surface area (Å²) in [5, 5.41) is 8.98. The van der Waals surface area contributed by atoms with E-state index in [9.17, 15) is 9.59 Å². The van der Waals surface area contributed by atoms with Crippen LogP contribution in [0.25, 0.3) is 0 Å². The summed E-state index contributed by atoms with van der Waals surface area (Å²) in [6.45, 7) is 2.70. The molecule has 6 heteroatoms. The lowest BCUT2D eigenvalue weighted by Crippen LogP contribution is -2.29. The van der Waals surface area contributed by atoms with Crippen molar-refractivity contribution in [2.45, 2.75) is 32.2 Å². The van der Waals surface area contributed by atoms with Crippen molar-refractivity contribution < 1.29 is 19.1 Å². The summed E-state index contributed by atoms with van der Waals surface area (Å²) in [4.78, 5) is 26.0. The fraction of sp³-hybridized carbons (Fsp3) is 0.375. The highest BCUT2D eigenvalue weighted by atomic mass is 32.1. The zero-order valence-corrected chi connectivity index (χ0v) is 13.1. The van der Waals surface area contributed by atoms with E-state index in [1.54, 1.807) is 11.0 Å². The number of amides is 1. The molecule has 5 nitrogen and oxygen atoms in total. The summed E-state index contributed by atoms with van der Waals surface area (Å²) in [7, 11) is 0. The normalized spacial score (nSPS) is 17.9. The van der Waals surface area contributed by atoms with Crippen molar-refractivity contribution in [1.82, 2.24) is 4.90 Å². The zero-order chi connectivity index (χ0) is 15.7. The first-order valence-corrected chi connectivity index (χ1v) is 8.14. The van der Waals surface area contributed by atoms with Crippen LogP contribution in [0.5, 0.6) is 0 Å². The molecule has 1 fully saturated rings. The highest BCUT2D eigenvalue weighted by Gasteiger charge is 2.33. The molecule has 0 radical (unpaired) electrons. The maximum Gasteiger partial charge on any atom is 0.345 e. The maximum absolute atomic E-state index is 12.6. The molecular formula is C16H17NO4S. The Morgan fingerprint density at radius 1 is 1.32 bits per heavy atom. The standard InChI is InChI=1S/C16H17NO4S/c1-2-10-5-6-12(21-10)11-4-3-9-17(11)15(18)13-7-8-14(22-13)16(19)20/h5-8,11H,2-4,9H2,1H3,(H,19,20). The van der Waals surface area contributed by atoms with Gasteiger partial charge in [-0.25, -0.2) is 4.79 Å². The van der Waals surface area contributed by atoms with Crippen LogP contribution < -0.4 is 0 Å². The number of aryl methyl sites for hydroxylation is 1. The zero-order valence-electron chi connectivity index (χ0n) is 12.2. The van der Waals surface area contributed by atoms with Crippen molar-refractivity contribution in [1.29, 1.82) is 0 Å². The van der Waals surface area contributed by atoms with Gasteiger partial charge in [-0.15, -0.1) is 11.3 Å². The molecule has 1 aliphatic rings. The van der Waals surface area contributed by atoms with Gasteiger partial charge in [-0.3, -0.25) is 4.79 Å². The number of carbonyl (C=O) groups excluding carboxylic acids is 1. The first kappa shape index (κ1) is 14.8. The Morgan fingerprint density at radius 3 is 2.73 bits per heavy atom. The molecule has 0 saturated carbocycles. The van der Waals surface area contributed by atoms with E-state index in [2.05, 4.69) is 0 Å². The Hall–Kier alpha value is -2.08. The van der Waals surface area contributed by atoms with Crippen LogP contribution in [0.3, 0.4) is 0 Å². The molecule has 22 heavy (non-hydrogen) atoms. The Bertz CT molecular complexity index is 703. The van der Waals surface area contributed by atoms with Crippen LogP contribution in [-0.4, -0.2) is 28.4 Å². The van der Waals surface area contributed by atoms with Gasteiger partial charge in [0, 0.05) is 13.0 Å². The lowest BCUT2D eigenvalue weighted by molar-refractivity contribution is 0.0700. The van der Waals surface area contributed by atoms with E-state index in [0.29, 0.717) is 11.4 Å². The third-order valence-corrected chi connectivity index (χ3v) is 4.96. The molecule has 2 aromatic rings. The second-order valence-electron chi connectivity index (χ2n) is 5.28. The van der Waals surface area contributed by atoms with Gasteiger partial charge in [0.1, 0.15) is 16.4 Å². The Labute approximate surface area is 132 Å². The van der Waals surface area contributed by atoms with E-state index in [1.165, 1.54) is 6.07 Å². The van der Waals surface area contributed by atoms with Gasteiger partial charge < -0.3 is 14.4 Å². The average Bonchev–Trinajstić information content (AvgIpc) is 3.24. The molecule has 2 aromatic heterocycles. The number of thiophene rings is 1. The number of carboxylic acids is 1. The number of hydrogen-bond donors (Lipinski definition) is 1. The number of carboxylic acid groups (broad SMARTS) is 1. The van der Waals surface area contributed by atoms with Gasteiger partial charge in [0.05, 0.1) is 10.9 Å². The van der Waals surface area contributed by atoms with Crippen LogP contribution in [0.4, 0.5) is 0 Å². The molecule has 1 amide bonds. The number of nitrogens with zero attached hydrogens (tertiary/aromatic N) is 1. The van der Waals surface area contributed by atoms with Crippen LogP contribution in [-0.2, 0) is 6.42 Å². The van der Waals surface area contributed by atoms with Crippen LogP contribution in [0.2, 0.25) is 0 Å². The number of hydrogen-bond acceptors (Lipinski definition) is 4. The van der Waals surface area contributed by atoms with Crippen LogP contribution in [0, 0.1) is 0 Å². The minimum atomic E-state index is -0.999. The van der Waals surface area contributed by atoms with Gasteiger partial charge in [-0.05, 0) is 37.1 Å². The van der Waals surface area contributed by atoms with E-state index in [1.807, 2.05) is 19.1 Å². The molecule has 0 aliphatic carbocycles. The summed E-state index contributed by atoms with van der Waals surface area (Å²) in [6.07, 6.45) is 2.63. The fourth-order valence-corrected chi connectivity index (χ4v) is 3.58. The third kappa shape index (κ3) is 2.66. The molecule has 3 heterocycles. The lowest BCUT2D eigenvalue weighted by atomic mass is 10.1. The van der Waals surface area contributed by atoms with E-state index in [4.69, 9.17) is 9.52 Å². The number of carbonyl (C=O) groups is 2. The number of likely N-dealkylation sites (tertiary alicyclic amines) is 1. The lowest BCUT2D eigenvalue weighted by Gasteiger charge is -2.22. The average molecular weight is 319 g/mol. The van der Waals surface area contributed by atoms with Crippen molar-refractivity contribution >= 4 is 23.2 Å². The molecule has 0 spiro atoms. The SMILES string of the molecule is CCc1ccc(C2CCCN2C(=O)c2ccc(C(=O)O)s2)o1. The molecule has 1 N–H and O–H groups in total. The monoisotopic (exact) mass is 319 g/mol. The van der Waals surface area contributed by atoms with E-state index in [0.717, 1.165) is 42.1 Å². The van der Waals surface area contributed by atoms with E-state index >= 15 is 0 Å². The van der Waals surface area contributed by atoms with Gasteiger partial charge in [-0.1, -0.05) is 6.92 Å². The number of furan rings is 1. The van der Waals surface area contributed by atoms with Crippen molar-refractivity contribution in [3.05, 3.63) is 45.5 Å². The predicted octanol–water partition coefficient (Wildman–Crippen LogP) is 3.58. The smallest absolute Gasteiger partial charge is 0.345 e. The number of aromatic carboxylic acids is 1. The summed E-state index contributed by atoms with van der Waals surface area (Å²) < 4.78 is 5.79. The fourth-order valence-electron chi connectivity index (χ4n) is 2.78. The second kappa shape index (κ2) is 5.96. The molecule has 1 aliphatic heterocycles. The van der Waals surface area contributed by atoms with Gasteiger partial charge >= 0.3 is 5.97 Å². The Balaban J connectivity index is 1.82. The van der Waals surface area contributed by atoms with Crippen LogP contribution >= 0.6 is 11.3 Å². The van der Waals surface area contributed by atoms with Crippen molar-refractivity contribution in [2.75, 3.05) is 6.54 Å². The minimum Gasteiger partial charge on any atom is -0.477 e. The Morgan fingerprint density at radius 2 is 2.09 bits per heavy atom. The topological polar surface area (TPSA) is 70.8 Å². The summed E-state index contributed by atoms with van der Waals surface area (Å²) in [5.74, 6) is 0.617. The molecule has 0 aromatic carbocycles. The minimum absolute atomic E-state index is 0.0526. The van der Waals surface area contributed by atoms with Gasteiger partial charge in [0.15, 0.2) is 0 Å². The van der Waals surface area contributed by atoms with Crippen molar-refractivity contribution in [3.63, 3.8) is 0 Å². The molecule has 0 bridgehead atoms. The van der Waals surface area contributed by atoms with Gasteiger partial charge in [0.25, 0.3) is 5.91 Å². The van der Waals surface area contributed by atoms with Crippen molar-refractivity contribution in [3.8, 4) is 0 Å². The summed E-state index contributed by atoms with van der Waals surface area (Å²) in [6, 6.07) is 6.90. The van der Waals surface area contributed by atoms with E-state index < -0.39 is 5.97 Å². The third-order valence-electron chi connectivity index (χ3n) is 3.90. The first-order chi connectivity index (χ1) is 10.6. The molecule has 1 atom stereocenters. The van der Waals surface area contributed by atoms with Gasteiger partial charge in [0.2, 0.25) is 0 Å². The second-order valence-corrected chi connectivity index (χ2v) is 6.37. The molecule has 116 valence electrons. The molecule has 1 unspecified atom stereocenters. The van der Waals surface area contributed by atoms with Crippen LogP contribution in [0.15, 0.2) is 28.7 Å². The number of rotatable bonds is 4. The molecule has 3 rings (SSSR count). The summed E-state index contributed by atoms with van der Waals surface area (Å²) >= 11 is 1.02. The Kier molecular flexibility index (Phi) is 4.02. The van der Waals surface area contributed by atoms with Crippen molar-refractivity contribution in [2.24, 2.45) is 0 Å². The van der Waals surface area contributed by atoms with Crippen LogP contribution in [0.1, 0.15) is 56.7 Å². The maximum atomic E-state index is 12.6. The largest absolute Gasteiger partial charge is 0.477 e. The summed E-state index contributed by atoms with van der Waals surface area (Å²) in [5.41, 5.74) is 0. The molecule has 1 saturated heterocycles. The first-order valence-electron chi connectivity index (χ1n) is 7.33. The van der Waals surface area contributed by atoms with E-state index in [-0.39, 0.29) is 16.8 Å².